The molecule has 0 atom stereocenters. The van der Waals surface area contributed by atoms with E-state index in [1.807, 2.05) is 54.9 Å². The van der Waals surface area contributed by atoms with Crippen molar-refractivity contribution in [3.8, 4) is 11.6 Å². The third kappa shape index (κ3) is 4.79. The molecule has 1 aromatic carbocycles. The first kappa shape index (κ1) is 21.4. The summed E-state index contributed by atoms with van der Waals surface area (Å²) in [4.78, 5) is 12.0. The fourth-order valence-electron chi connectivity index (χ4n) is 3.33. The lowest BCUT2D eigenvalue weighted by Crippen LogP contribution is -2.24. The monoisotopic (exact) mass is 407 g/mol. The van der Waals surface area contributed by atoms with E-state index in [1.54, 1.807) is 12.4 Å². The van der Waals surface area contributed by atoms with Crippen LogP contribution in [-0.2, 0) is 11.2 Å². The molecule has 0 radical (unpaired) electrons. The number of carbonyl (C=O) groups is 1. The molecule has 0 aliphatic rings. The summed E-state index contributed by atoms with van der Waals surface area (Å²) in [6.07, 6.45) is 4.43. The normalized spacial score (nSPS) is 11.4. The van der Waals surface area contributed by atoms with Gasteiger partial charge in [-0.2, -0.15) is 10.2 Å². The molecule has 3 rings (SSSR count). The second-order valence-electron chi connectivity index (χ2n) is 7.47. The maximum atomic E-state index is 12.0. The van der Waals surface area contributed by atoms with Crippen molar-refractivity contribution in [3.63, 3.8) is 0 Å². The second kappa shape index (κ2) is 9.43. The third-order valence-corrected chi connectivity index (χ3v) is 4.93. The molecule has 2 heterocycles. The zero-order valence-corrected chi connectivity index (χ0v) is 18.2. The number of nitrogens with zero attached hydrogens (tertiary/aromatic N) is 4. The Labute approximate surface area is 177 Å². The van der Waals surface area contributed by atoms with Crippen LogP contribution in [0, 0.1) is 13.8 Å². The summed E-state index contributed by atoms with van der Waals surface area (Å²) in [6.45, 7) is 10.3. The number of aromatic nitrogens is 3. The van der Waals surface area contributed by atoms with Crippen LogP contribution in [0.2, 0.25) is 0 Å². The maximum Gasteiger partial charge on any atom is 0.277 e. The number of ether oxygens (including phenoxy) is 1. The summed E-state index contributed by atoms with van der Waals surface area (Å²) in [7, 11) is 0. The average molecular weight is 408 g/mol. The van der Waals surface area contributed by atoms with E-state index in [9.17, 15) is 4.79 Å². The van der Waals surface area contributed by atoms with Gasteiger partial charge in [0.2, 0.25) is 0 Å². The van der Waals surface area contributed by atoms with Crippen LogP contribution in [0.25, 0.3) is 5.82 Å². The molecule has 0 saturated heterocycles. The van der Waals surface area contributed by atoms with Gasteiger partial charge in [0.25, 0.3) is 5.91 Å². The van der Waals surface area contributed by atoms with Crippen LogP contribution in [0.15, 0.2) is 47.7 Å². The maximum absolute atomic E-state index is 12.0. The summed E-state index contributed by atoms with van der Waals surface area (Å²) in [6, 6.07) is 12.0. The van der Waals surface area contributed by atoms with Crippen LogP contribution < -0.4 is 10.2 Å². The van der Waals surface area contributed by atoms with E-state index >= 15 is 0 Å². The lowest BCUT2D eigenvalue weighted by atomic mass is 10.2. The molecule has 3 aromatic rings. The van der Waals surface area contributed by atoms with Gasteiger partial charge in [-0.1, -0.05) is 19.1 Å². The molecular weight excluding hydrogens is 378 g/mol. The summed E-state index contributed by atoms with van der Waals surface area (Å²) < 4.78 is 9.62. The molecule has 0 aliphatic heterocycles. The molecule has 7 nitrogen and oxygen atoms in total. The number of nitrogens with one attached hydrogen (secondary N) is 1. The van der Waals surface area contributed by atoms with Crippen LogP contribution >= 0.6 is 0 Å². The van der Waals surface area contributed by atoms with Crippen molar-refractivity contribution in [1.29, 1.82) is 0 Å². The van der Waals surface area contributed by atoms with Gasteiger partial charge in [0, 0.05) is 29.1 Å². The Morgan fingerprint density at radius 2 is 1.97 bits per heavy atom. The van der Waals surface area contributed by atoms with Crippen LogP contribution in [0.1, 0.15) is 49.3 Å². The highest BCUT2D eigenvalue weighted by molar-refractivity contribution is 5.84. The Kier molecular flexibility index (Phi) is 6.72. The van der Waals surface area contributed by atoms with Gasteiger partial charge in [0.05, 0.1) is 12.4 Å². The van der Waals surface area contributed by atoms with Gasteiger partial charge in [-0.15, -0.1) is 0 Å². The van der Waals surface area contributed by atoms with E-state index in [1.165, 1.54) is 5.56 Å². The highest BCUT2D eigenvalue weighted by atomic mass is 16.5. The van der Waals surface area contributed by atoms with E-state index in [-0.39, 0.29) is 18.6 Å². The lowest BCUT2D eigenvalue weighted by molar-refractivity contribution is -0.123. The van der Waals surface area contributed by atoms with Gasteiger partial charge >= 0.3 is 0 Å². The van der Waals surface area contributed by atoms with Crippen LogP contribution in [-0.4, -0.2) is 33.1 Å². The van der Waals surface area contributed by atoms with E-state index < -0.39 is 0 Å². The fourth-order valence-corrected chi connectivity index (χ4v) is 3.33. The minimum Gasteiger partial charge on any atom is -0.484 e. The van der Waals surface area contributed by atoms with Gasteiger partial charge < -0.3 is 9.30 Å². The molecular formula is C23H29N5O2. The minimum absolute atomic E-state index is 0.0879. The number of benzene rings is 1. The molecule has 0 unspecified atom stereocenters. The molecule has 1 amide bonds. The molecule has 7 heteroatoms. The van der Waals surface area contributed by atoms with Crippen molar-refractivity contribution < 1.29 is 9.53 Å². The minimum atomic E-state index is -0.308. The van der Waals surface area contributed by atoms with Crippen molar-refractivity contribution >= 4 is 12.1 Å². The molecule has 158 valence electrons. The van der Waals surface area contributed by atoms with E-state index in [2.05, 4.69) is 41.0 Å². The quantitative estimate of drug-likeness (QED) is 0.454. The highest BCUT2D eigenvalue weighted by Crippen LogP contribution is 2.21. The lowest BCUT2D eigenvalue weighted by Gasteiger charge is -2.14. The Bertz CT molecular complexity index is 1030. The number of hydrazone groups is 1. The Balaban J connectivity index is 1.62. The Morgan fingerprint density at radius 3 is 2.63 bits per heavy atom. The first-order valence-electron chi connectivity index (χ1n) is 10.2. The van der Waals surface area contributed by atoms with E-state index in [0.717, 1.165) is 29.2 Å². The van der Waals surface area contributed by atoms with Gasteiger partial charge in [-0.05, 0) is 57.9 Å². The molecule has 0 spiro atoms. The molecule has 0 bridgehead atoms. The van der Waals surface area contributed by atoms with Crippen molar-refractivity contribution in [2.24, 2.45) is 5.10 Å². The van der Waals surface area contributed by atoms with Crippen LogP contribution in [0.4, 0.5) is 0 Å². The number of carbonyl (C=O) groups excluding carboxylic acids is 1. The SMILES string of the molecule is CCc1ccc(OCC(=O)N/N=C\c2cc(C)n(-c3ccnn3C(C)C)c2C)cc1. The number of hydrogen-bond acceptors (Lipinski definition) is 4. The second-order valence-corrected chi connectivity index (χ2v) is 7.47. The zero-order chi connectivity index (χ0) is 21.7. The summed E-state index contributed by atoms with van der Waals surface area (Å²) >= 11 is 0. The van der Waals surface area contributed by atoms with E-state index in [4.69, 9.17) is 4.74 Å². The first-order valence-corrected chi connectivity index (χ1v) is 10.2. The molecule has 0 saturated carbocycles. The van der Waals surface area contributed by atoms with Crippen molar-refractivity contribution in [2.75, 3.05) is 6.61 Å². The summed E-state index contributed by atoms with van der Waals surface area (Å²) in [5.41, 5.74) is 6.78. The average Bonchev–Trinajstić information content (AvgIpc) is 3.31. The zero-order valence-electron chi connectivity index (χ0n) is 18.2. The molecule has 2 aromatic heterocycles. The first-order chi connectivity index (χ1) is 14.4. The van der Waals surface area contributed by atoms with Crippen molar-refractivity contribution in [2.45, 2.75) is 47.1 Å². The van der Waals surface area contributed by atoms with Crippen LogP contribution in [0.3, 0.4) is 0 Å². The smallest absolute Gasteiger partial charge is 0.277 e. The van der Waals surface area contributed by atoms with Gasteiger partial charge in [0.1, 0.15) is 11.6 Å². The highest BCUT2D eigenvalue weighted by Gasteiger charge is 2.14. The number of amides is 1. The van der Waals surface area contributed by atoms with Gasteiger partial charge in [0.15, 0.2) is 6.61 Å². The van der Waals surface area contributed by atoms with Gasteiger partial charge in [-0.3, -0.25) is 4.79 Å². The predicted octanol–water partition coefficient (Wildman–Crippen LogP) is 3.96. The molecule has 1 N–H and O–H groups in total. The Hall–Kier alpha value is -3.35. The molecule has 0 aliphatic carbocycles. The Morgan fingerprint density at radius 1 is 1.23 bits per heavy atom. The molecule has 30 heavy (non-hydrogen) atoms. The largest absolute Gasteiger partial charge is 0.484 e. The van der Waals surface area contributed by atoms with E-state index in [0.29, 0.717) is 5.75 Å². The topological polar surface area (TPSA) is 73.4 Å². The van der Waals surface area contributed by atoms with Gasteiger partial charge in [-0.25, -0.2) is 10.1 Å². The fraction of sp³-hybridized carbons (Fsp3) is 0.348. The predicted molar refractivity (Wildman–Crippen MR) is 118 cm³/mol. The van der Waals surface area contributed by atoms with Crippen LogP contribution in [0.5, 0.6) is 5.75 Å². The standard InChI is InChI=1S/C23H29N5O2/c1-6-19-7-9-21(10-8-19)30-15-22(29)26-24-14-20-13-17(4)27(18(20)5)23-11-12-25-28(23)16(2)3/h7-14,16H,6,15H2,1-5H3,(H,26,29)/b24-14-. The molecule has 0 fully saturated rings. The third-order valence-electron chi connectivity index (χ3n) is 4.93. The summed E-state index contributed by atoms with van der Waals surface area (Å²) in [5, 5.41) is 8.51. The number of rotatable bonds is 8. The van der Waals surface area contributed by atoms with Crippen molar-refractivity contribution in [1.82, 2.24) is 19.8 Å². The number of aryl methyl sites for hydroxylation is 2. The van der Waals surface area contributed by atoms with Crippen molar-refractivity contribution in [3.05, 3.63) is 65.1 Å². The number of hydrogen-bond donors (Lipinski definition) is 1. The summed E-state index contributed by atoms with van der Waals surface area (Å²) in [5.74, 6) is 1.36.